The van der Waals surface area contributed by atoms with Crippen LogP contribution in [0.4, 0.5) is 0 Å². The number of hydrogen-bond acceptors (Lipinski definition) is 7. The van der Waals surface area contributed by atoms with Crippen molar-refractivity contribution in [2.75, 3.05) is 13.2 Å². The summed E-state index contributed by atoms with van der Waals surface area (Å²) in [5, 5.41) is 22.6. The maximum atomic E-state index is 12.5. The van der Waals surface area contributed by atoms with E-state index in [9.17, 15) is 29.1 Å². The summed E-state index contributed by atoms with van der Waals surface area (Å²) in [5.41, 5.74) is 10.7. The number of carboxylic acid groups (broad SMARTS) is 1. The second-order valence-electron chi connectivity index (χ2n) is 6.28. The zero-order valence-electron chi connectivity index (χ0n) is 14.9. The van der Waals surface area contributed by atoms with E-state index in [4.69, 9.17) is 16.6 Å². The van der Waals surface area contributed by atoms with Gasteiger partial charge in [0.05, 0.1) is 19.1 Å². The molecule has 8 N–H and O–H groups in total. The first-order valence-corrected chi connectivity index (χ1v) is 8.37. The first-order valence-electron chi connectivity index (χ1n) is 8.37. The number of nitrogens with one attached hydrogen (secondary N) is 2. The van der Waals surface area contributed by atoms with Crippen molar-refractivity contribution < 1.29 is 34.2 Å². The van der Waals surface area contributed by atoms with Crippen LogP contribution in [0.1, 0.15) is 26.2 Å². The molecule has 12 heteroatoms. The fraction of sp³-hybridized carbons (Fsp3) is 0.667. The molecule has 1 fully saturated rings. The lowest BCUT2D eigenvalue weighted by Crippen LogP contribution is -2.57. The molecule has 27 heavy (non-hydrogen) atoms. The van der Waals surface area contributed by atoms with E-state index < -0.39 is 60.4 Å². The van der Waals surface area contributed by atoms with E-state index in [1.54, 1.807) is 0 Å². The maximum absolute atomic E-state index is 12.5. The van der Waals surface area contributed by atoms with Gasteiger partial charge in [0.2, 0.25) is 23.6 Å². The van der Waals surface area contributed by atoms with Crippen molar-refractivity contribution >= 4 is 29.6 Å². The summed E-state index contributed by atoms with van der Waals surface area (Å²) in [6, 6.07) is -4.68. The molecule has 1 aliphatic rings. The Kier molecular flexibility index (Phi) is 8.12. The summed E-state index contributed by atoms with van der Waals surface area (Å²) in [6.07, 6.45) is 0.462. The zero-order valence-corrected chi connectivity index (χ0v) is 14.9. The fourth-order valence-corrected chi connectivity index (χ4v) is 2.66. The molecular formula is C15H25N5O7. The van der Waals surface area contributed by atoms with Crippen LogP contribution in [0, 0.1) is 0 Å². The van der Waals surface area contributed by atoms with Gasteiger partial charge in [-0.25, -0.2) is 0 Å². The monoisotopic (exact) mass is 387 g/mol. The third-order valence-electron chi connectivity index (χ3n) is 4.12. The molecule has 0 aromatic carbocycles. The van der Waals surface area contributed by atoms with Crippen molar-refractivity contribution in [2.24, 2.45) is 11.5 Å². The molecule has 0 aliphatic carbocycles. The Morgan fingerprint density at radius 3 is 2.37 bits per heavy atom. The van der Waals surface area contributed by atoms with Crippen LogP contribution < -0.4 is 22.1 Å². The van der Waals surface area contributed by atoms with Gasteiger partial charge in [0.15, 0.2) is 0 Å². The molecule has 0 radical (unpaired) electrons. The molecular weight excluding hydrogens is 362 g/mol. The van der Waals surface area contributed by atoms with Crippen LogP contribution in [-0.2, 0) is 24.0 Å². The molecule has 1 rings (SSSR count). The number of carbonyl (C=O) groups is 5. The van der Waals surface area contributed by atoms with Gasteiger partial charge in [0.25, 0.3) is 0 Å². The Morgan fingerprint density at radius 2 is 1.85 bits per heavy atom. The van der Waals surface area contributed by atoms with Crippen LogP contribution in [0.15, 0.2) is 0 Å². The number of hydrogen-bond donors (Lipinski definition) is 6. The fourth-order valence-electron chi connectivity index (χ4n) is 2.66. The summed E-state index contributed by atoms with van der Waals surface area (Å²) in [7, 11) is 0. The topological polar surface area (TPSA) is 205 Å². The van der Waals surface area contributed by atoms with E-state index in [-0.39, 0.29) is 13.0 Å². The number of carboxylic acids is 1. The lowest BCUT2D eigenvalue weighted by Gasteiger charge is -2.27. The Balaban J connectivity index is 2.75. The van der Waals surface area contributed by atoms with Crippen LogP contribution in [0.25, 0.3) is 0 Å². The number of aliphatic carboxylic acids is 1. The van der Waals surface area contributed by atoms with Crippen LogP contribution in [-0.4, -0.2) is 82.0 Å². The van der Waals surface area contributed by atoms with E-state index in [1.165, 1.54) is 11.8 Å². The summed E-state index contributed by atoms with van der Waals surface area (Å²) >= 11 is 0. The average Bonchev–Trinajstić information content (AvgIpc) is 3.07. The predicted octanol–water partition coefficient (Wildman–Crippen LogP) is -3.75. The summed E-state index contributed by atoms with van der Waals surface area (Å²) in [6.45, 7) is 0.717. The number of aliphatic hydroxyl groups excluding tert-OH is 1. The Morgan fingerprint density at radius 1 is 1.22 bits per heavy atom. The quantitative estimate of drug-likeness (QED) is 0.231. The predicted molar refractivity (Wildman–Crippen MR) is 90.8 cm³/mol. The maximum Gasteiger partial charge on any atom is 0.325 e. The Labute approximate surface area is 155 Å². The Bertz CT molecular complexity index is 611. The van der Waals surface area contributed by atoms with Gasteiger partial charge in [-0.2, -0.15) is 0 Å². The molecule has 1 saturated heterocycles. The molecule has 4 atom stereocenters. The van der Waals surface area contributed by atoms with Gasteiger partial charge in [-0.05, 0) is 19.8 Å². The van der Waals surface area contributed by atoms with Gasteiger partial charge >= 0.3 is 5.97 Å². The van der Waals surface area contributed by atoms with Gasteiger partial charge in [-0.1, -0.05) is 0 Å². The first kappa shape index (κ1) is 22.3. The SMILES string of the molecule is CC(NC(=O)C(CO)NC(=O)C1CCCN1C(=O)C(N)CC(N)=O)C(=O)O. The molecule has 0 spiro atoms. The molecule has 1 aliphatic heterocycles. The van der Waals surface area contributed by atoms with E-state index in [0.717, 1.165) is 0 Å². The van der Waals surface area contributed by atoms with Gasteiger partial charge < -0.3 is 37.2 Å². The average molecular weight is 387 g/mol. The number of likely N-dealkylation sites (tertiary alicyclic amines) is 1. The number of amides is 4. The van der Waals surface area contributed by atoms with Gasteiger partial charge in [-0.3, -0.25) is 24.0 Å². The second kappa shape index (κ2) is 9.83. The molecule has 0 aromatic heterocycles. The number of nitrogens with two attached hydrogens (primary N) is 2. The highest BCUT2D eigenvalue weighted by Gasteiger charge is 2.37. The minimum absolute atomic E-state index is 0.245. The van der Waals surface area contributed by atoms with Gasteiger partial charge in [0, 0.05) is 6.54 Å². The lowest BCUT2D eigenvalue weighted by atomic mass is 10.1. The van der Waals surface area contributed by atoms with Crippen molar-refractivity contribution in [3.63, 3.8) is 0 Å². The number of nitrogens with zero attached hydrogens (tertiary/aromatic N) is 1. The number of rotatable bonds is 9. The first-order chi connectivity index (χ1) is 12.6. The minimum Gasteiger partial charge on any atom is -0.480 e. The van der Waals surface area contributed by atoms with E-state index in [2.05, 4.69) is 10.6 Å². The molecule has 152 valence electrons. The van der Waals surface area contributed by atoms with E-state index in [1.807, 2.05) is 0 Å². The van der Waals surface area contributed by atoms with Crippen molar-refractivity contribution in [2.45, 2.75) is 50.4 Å². The summed E-state index contributed by atoms with van der Waals surface area (Å²) < 4.78 is 0. The van der Waals surface area contributed by atoms with Crippen molar-refractivity contribution in [1.29, 1.82) is 0 Å². The smallest absolute Gasteiger partial charge is 0.325 e. The van der Waals surface area contributed by atoms with Crippen LogP contribution in [0.2, 0.25) is 0 Å². The van der Waals surface area contributed by atoms with E-state index in [0.29, 0.717) is 12.8 Å². The molecule has 0 aromatic rings. The van der Waals surface area contributed by atoms with Crippen LogP contribution in [0.5, 0.6) is 0 Å². The van der Waals surface area contributed by atoms with Crippen molar-refractivity contribution in [3.05, 3.63) is 0 Å². The highest BCUT2D eigenvalue weighted by molar-refractivity contribution is 5.95. The normalized spacial score (nSPS) is 19.7. The summed E-state index contributed by atoms with van der Waals surface area (Å²) in [5.74, 6) is -4.20. The molecule has 0 bridgehead atoms. The minimum atomic E-state index is -1.38. The second-order valence-corrected chi connectivity index (χ2v) is 6.28. The van der Waals surface area contributed by atoms with E-state index >= 15 is 0 Å². The lowest BCUT2D eigenvalue weighted by molar-refractivity contribution is -0.143. The zero-order chi connectivity index (χ0) is 20.7. The molecule has 1 heterocycles. The van der Waals surface area contributed by atoms with Crippen LogP contribution in [0.3, 0.4) is 0 Å². The highest BCUT2D eigenvalue weighted by atomic mass is 16.4. The standard InChI is InChI=1S/C15H25N5O7/c1-7(15(26)27)18-12(23)9(6-21)19-13(24)10-3-2-4-20(10)14(25)8(16)5-11(17)22/h7-10,21H,2-6,16H2,1H3,(H2,17,22)(H,18,23)(H,19,24)(H,26,27). The molecule has 4 amide bonds. The number of aliphatic hydroxyl groups is 1. The van der Waals surface area contributed by atoms with Crippen molar-refractivity contribution in [3.8, 4) is 0 Å². The number of carbonyl (C=O) groups excluding carboxylic acids is 4. The summed E-state index contributed by atoms with van der Waals surface area (Å²) in [4.78, 5) is 59.7. The van der Waals surface area contributed by atoms with Crippen molar-refractivity contribution in [1.82, 2.24) is 15.5 Å². The molecule has 12 nitrogen and oxygen atoms in total. The van der Waals surface area contributed by atoms with Gasteiger partial charge in [-0.15, -0.1) is 0 Å². The molecule has 4 unspecified atom stereocenters. The third-order valence-corrected chi connectivity index (χ3v) is 4.12. The third kappa shape index (κ3) is 6.18. The largest absolute Gasteiger partial charge is 0.480 e. The van der Waals surface area contributed by atoms with Crippen LogP contribution >= 0.6 is 0 Å². The molecule has 0 saturated carbocycles. The Hall–Kier alpha value is -2.73. The number of primary amides is 1. The van der Waals surface area contributed by atoms with Gasteiger partial charge in [0.1, 0.15) is 18.1 Å². The highest BCUT2D eigenvalue weighted by Crippen LogP contribution is 2.19.